The third-order valence-electron chi connectivity index (χ3n) is 5.13. The van der Waals surface area contributed by atoms with Gasteiger partial charge >= 0.3 is 0 Å². The summed E-state index contributed by atoms with van der Waals surface area (Å²) in [5.41, 5.74) is 5.41. The molecule has 0 unspecified atom stereocenters. The van der Waals surface area contributed by atoms with E-state index in [1.807, 2.05) is 13.8 Å². The minimum Gasteiger partial charge on any atom is -0.368 e. The fourth-order valence-electron chi connectivity index (χ4n) is 3.45. The highest BCUT2D eigenvalue weighted by Crippen LogP contribution is 2.11. The lowest BCUT2D eigenvalue weighted by atomic mass is 10.1. The number of hydrogen-bond acceptors (Lipinski definition) is 3. The number of hydrogen-bond donors (Lipinski definition) is 3. The Morgan fingerprint density at radius 1 is 0.786 bits per heavy atom. The quantitative estimate of drug-likeness (QED) is 0.257. The van der Waals surface area contributed by atoms with Gasteiger partial charge in [0.15, 0.2) is 0 Å². The number of rotatable bonds is 20. The van der Waals surface area contributed by atoms with E-state index >= 15 is 0 Å². The number of unbranched alkanes of at least 4 members (excludes halogenated alkanes) is 11. The Morgan fingerprint density at radius 3 is 1.82 bits per heavy atom. The summed E-state index contributed by atoms with van der Waals surface area (Å²) in [6, 6.07) is -0.0324. The maximum Gasteiger partial charge on any atom is 0.234 e. The molecular weight excluding hydrogens is 350 g/mol. The van der Waals surface area contributed by atoms with Crippen LogP contribution in [0.4, 0.5) is 0 Å². The Morgan fingerprint density at radius 2 is 1.32 bits per heavy atom. The number of carbonyl (C=O) groups is 2. The maximum atomic E-state index is 11.9. The largest absolute Gasteiger partial charge is 0.368 e. The maximum absolute atomic E-state index is 11.9. The predicted molar refractivity (Wildman–Crippen MR) is 119 cm³/mol. The van der Waals surface area contributed by atoms with Crippen molar-refractivity contribution in [2.24, 2.45) is 5.73 Å². The SMILES string of the molecule is CCCCCCCCCCCCCC(=O)NCCCC[C@H](NC(C)C)C(N)=O. The molecule has 5 nitrogen and oxygen atoms in total. The fraction of sp³-hybridized carbons (Fsp3) is 0.913. The van der Waals surface area contributed by atoms with Crippen molar-refractivity contribution in [2.75, 3.05) is 6.54 Å². The average molecular weight is 398 g/mol. The van der Waals surface area contributed by atoms with Crippen molar-refractivity contribution in [3.05, 3.63) is 0 Å². The molecule has 4 N–H and O–H groups in total. The molecule has 0 bridgehead atoms. The van der Waals surface area contributed by atoms with Gasteiger partial charge < -0.3 is 16.4 Å². The lowest BCUT2D eigenvalue weighted by molar-refractivity contribution is -0.121. The van der Waals surface area contributed by atoms with Gasteiger partial charge in [0, 0.05) is 19.0 Å². The molecule has 28 heavy (non-hydrogen) atoms. The van der Waals surface area contributed by atoms with Crippen molar-refractivity contribution < 1.29 is 9.59 Å². The van der Waals surface area contributed by atoms with E-state index in [2.05, 4.69) is 17.6 Å². The Kier molecular flexibility index (Phi) is 18.5. The molecule has 0 saturated carbocycles. The Hall–Kier alpha value is -1.10. The van der Waals surface area contributed by atoms with E-state index in [0.29, 0.717) is 13.0 Å². The predicted octanol–water partition coefficient (Wildman–Crippen LogP) is 4.83. The molecule has 0 heterocycles. The van der Waals surface area contributed by atoms with Gasteiger partial charge in [-0.1, -0.05) is 85.0 Å². The van der Waals surface area contributed by atoms with Crippen molar-refractivity contribution in [1.82, 2.24) is 10.6 Å². The molecule has 1 atom stereocenters. The summed E-state index contributed by atoms with van der Waals surface area (Å²) >= 11 is 0. The lowest BCUT2D eigenvalue weighted by Gasteiger charge is -2.18. The summed E-state index contributed by atoms with van der Waals surface area (Å²) in [5.74, 6) is -0.142. The van der Waals surface area contributed by atoms with Crippen LogP contribution in [0.5, 0.6) is 0 Å². The standard InChI is InChI=1S/C23H47N3O2/c1-4-5-6-7-8-9-10-11-12-13-14-18-22(27)25-19-16-15-17-21(23(24)28)26-20(2)3/h20-21,26H,4-19H2,1-3H3,(H2,24,28)(H,25,27)/t21-/m0/s1. The second-order valence-corrected chi connectivity index (χ2v) is 8.41. The molecule has 0 rings (SSSR count). The van der Waals surface area contributed by atoms with Gasteiger partial charge in [0.05, 0.1) is 6.04 Å². The van der Waals surface area contributed by atoms with Crippen LogP contribution in [0.2, 0.25) is 0 Å². The van der Waals surface area contributed by atoms with Gasteiger partial charge in [-0.05, 0) is 25.7 Å². The zero-order chi connectivity index (χ0) is 21.0. The van der Waals surface area contributed by atoms with Crippen LogP contribution in [-0.2, 0) is 9.59 Å². The molecule has 0 aliphatic rings. The molecule has 2 amide bonds. The molecule has 0 fully saturated rings. The Balaban J connectivity index is 3.43. The number of nitrogens with two attached hydrogens (primary N) is 1. The van der Waals surface area contributed by atoms with Gasteiger partial charge in [-0.3, -0.25) is 9.59 Å². The van der Waals surface area contributed by atoms with E-state index < -0.39 is 0 Å². The van der Waals surface area contributed by atoms with Crippen LogP contribution in [0, 0.1) is 0 Å². The lowest BCUT2D eigenvalue weighted by Crippen LogP contribution is -2.44. The molecule has 0 aromatic carbocycles. The minimum absolute atomic E-state index is 0.155. The monoisotopic (exact) mass is 397 g/mol. The molecule has 0 aliphatic carbocycles. The molecule has 0 radical (unpaired) electrons. The van der Waals surface area contributed by atoms with E-state index in [9.17, 15) is 9.59 Å². The third-order valence-corrected chi connectivity index (χ3v) is 5.13. The van der Waals surface area contributed by atoms with Crippen molar-refractivity contribution in [3.8, 4) is 0 Å². The Bertz CT molecular complexity index is 386. The van der Waals surface area contributed by atoms with Crippen molar-refractivity contribution in [1.29, 1.82) is 0 Å². The highest BCUT2D eigenvalue weighted by molar-refractivity contribution is 5.79. The summed E-state index contributed by atoms with van der Waals surface area (Å²) in [4.78, 5) is 23.2. The van der Waals surface area contributed by atoms with Crippen LogP contribution in [0.3, 0.4) is 0 Å². The topological polar surface area (TPSA) is 84.2 Å². The van der Waals surface area contributed by atoms with Crippen LogP contribution < -0.4 is 16.4 Å². The Labute approximate surface area is 174 Å². The molecule has 166 valence electrons. The average Bonchev–Trinajstić information content (AvgIpc) is 2.64. The number of carbonyl (C=O) groups excluding carboxylic acids is 2. The van der Waals surface area contributed by atoms with Crippen LogP contribution in [0.25, 0.3) is 0 Å². The molecule has 0 aromatic rings. The highest BCUT2D eigenvalue weighted by atomic mass is 16.2. The first-order valence-corrected chi connectivity index (χ1v) is 11.8. The van der Waals surface area contributed by atoms with E-state index in [-0.39, 0.29) is 23.9 Å². The van der Waals surface area contributed by atoms with Crippen molar-refractivity contribution >= 4 is 11.8 Å². The fourth-order valence-corrected chi connectivity index (χ4v) is 3.45. The first kappa shape index (κ1) is 26.9. The summed E-state index contributed by atoms with van der Waals surface area (Å²) in [6.45, 7) is 6.95. The second kappa shape index (κ2) is 19.2. The number of amides is 2. The number of primary amides is 1. The molecular formula is C23H47N3O2. The third kappa shape index (κ3) is 18.3. The van der Waals surface area contributed by atoms with Gasteiger partial charge in [0.1, 0.15) is 0 Å². The van der Waals surface area contributed by atoms with Crippen LogP contribution >= 0.6 is 0 Å². The normalized spacial score (nSPS) is 12.3. The number of nitrogens with one attached hydrogen (secondary N) is 2. The van der Waals surface area contributed by atoms with E-state index in [4.69, 9.17) is 5.73 Å². The van der Waals surface area contributed by atoms with Gasteiger partial charge in [0.25, 0.3) is 0 Å². The van der Waals surface area contributed by atoms with Crippen molar-refractivity contribution in [3.63, 3.8) is 0 Å². The van der Waals surface area contributed by atoms with E-state index in [0.717, 1.165) is 32.1 Å². The summed E-state index contributed by atoms with van der Waals surface area (Å²) in [5, 5.41) is 6.17. The summed E-state index contributed by atoms with van der Waals surface area (Å²) < 4.78 is 0. The van der Waals surface area contributed by atoms with E-state index in [1.54, 1.807) is 0 Å². The van der Waals surface area contributed by atoms with E-state index in [1.165, 1.54) is 57.8 Å². The molecule has 0 saturated heterocycles. The van der Waals surface area contributed by atoms with Gasteiger partial charge in [-0.15, -0.1) is 0 Å². The zero-order valence-electron chi connectivity index (χ0n) is 18.9. The van der Waals surface area contributed by atoms with Crippen molar-refractivity contribution in [2.45, 2.75) is 129 Å². The van der Waals surface area contributed by atoms with Crippen LogP contribution in [0.15, 0.2) is 0 Å². The first-order chi connectivity index (χ1) is 13.5. The summed E-state index contributed by atoms with van der Waals surface area (Å²) in [7, 11) is 0. The summed E-state index contributed by atoms with van der Waals surface area (Å²) in [6.07, 6.45) is 17.4. The van der Waals surface area contributed by atoms with Crippen LogP contribution in [-0.4, -0.2) is 30.4 Å². The molecule has 5 heteroatoms. The smallest absolute Gasteiger partial charge is 0.234 e. The van der Waals surface area contributed by atoms with Gasteiger partial charge in [-0.25, -0.2) is 0 Å². The molecule has 0 aromatic heterocycles. The molecule has 0 spiro atoms. The van der Waals surface area contributed by atoms with Gasteiger partial charge in [0.2, 0.25) is 11.8 Å². The zero-order valence-corrected chi connectivity index (χ0v) is 18.9. The van der Waals surface area contributed by atoms with Crippen LogP contribution in [0.1, 0.15) is 117 Å². The highest BCUT2D eigenvalue weighted by Gasteiger charge is 2.15. The van der Waals surface area contributed by atoms with Gasteiger partial charge in [-0.2, -0.15) is 0 Å². The second-order valence-electron chi connectivity index (χ2n) is 8.41. The molecule has 0 aliphatic heterocycles. The first-order valence-electron chi connectivity index (χ1n) is 11.8. The minimum atomic E-state index is -0.297.